The van der Waals surface area contributed by atoms with Gasteiger partial charge < -0.3 is 19.4 Å². The summed E-state index contributed by atoms with van der Waals surface area (Å²) in [5.41, 5.74) is 3.43. The minimum atomic E-state index is -0.0820. The molecule has 2 atom stereocenters. The number of amides is 1. The van der Waals surface area contributed by atoms with Gasteiger partial charge in [-0.25, -0.2) is 0 Å². The Kier molecular flexibility index (Phi) is 5.96. The highest BCUT2D eigenvalue weighted by atomic mass is 16.5. The Morgan fingerprint density at radius 1 is 1.10 bits per heavy atom. The number of rotatable bonds is 7. The monoisotopic (exact) mass is 391 g/mol. The fourth-order valence-electron chi connectivity index (χ4n) is 4.00. The van der Waals surface area contributed by atoms with E-state index >= 15 is 0 Å². The standard InChI is InChI=1S/C24H26N2O3/c1-2-28-21-11-9-19(10-12-21)24(27)25-16-22(23-8-5-15-29-23)26-14-13-18-6-3-4-7-20(18)17-26/h3-12,15,22H,2,13-14,16-17H2,1H3,(H,25,27)/p+1/t22-/m0/s1. The zero-order chi connectivity index (χ0) is 20.1. The number of hydrogen-bond acceptors (Lipinski definition) is 3. The zero-order valence-electron chi connectivity index (χ0n) is 16.7. The number of carbonyl (C=O) groups is 1. The van der Waals surface area contributed by atoms with Crippen LogP contribution < -0.4 is 15.0 Å². The van der Waals surface area contributed by atoms with Crippen LogP contribution in [0.1, 0.15) is 40.2 Å². The molecule has 0 spiro atoms. The van der Waals surface area contributed by atoms with Gasteiger partial charge in [0, 0.05) is 17.5 Å². The lowest BCUT2D eigenvalue weighted by Gasteiger charge is -2.31. The molecule has 0 radical (unpaired) electrons. The molecule has 5 heteroatoms. The highest BCUT2D eigenvalue weighted by molar-refractivity contribution is 5.94. The first-order valence-electron chi connectivity index (χ1n) is 10.2. The molecule has 0 saturated heterocycles. The van der Waals surface area contributed by atoms with E-state index in [-0.39, 0.29) is 11.9 Å². The van der Waals surface area contributed by atoms with E-state index in [2.05, 4.69) is 29.6 Å². The van der Waals surface area contributed by atoms with E-state index in [0.29, 0.717) is 18.7 Å². The minimum absolute atomic E-state index is 0.0741. The molecular weight excluding hydrogens is 364 g/mol. The average Bonchev–Trinajstić information content (AvgIpc) is 3.29. The summed E-state index contributed by atoms with van der Waals surface area (Å²) in [5, 5.41) is 3.10. The fraction of sp³-hybridized carbons (Fsp3) is 0.292. The number of carbonyl (C=O) groups excluding carboxylic acids is 1. The number of benzene rings is 2. The van der Waals surface area contributed by atoms with E-state index in [1.165, 1.54) is 16.0 Å². The van der Waals surface area contributed by atoms with Crippen LogP contribution in [0.2, 0.25) is 0 Å². The minimum Gasteiger partial charge on any atom is -0.494 e. The maximum atomic E-state index is 12.7. The predicted molar refractivity (Wildman–Crippen MR) is 111 cm³/mol. The Hall–Kier alpha value is -3.05. The van der Waals surface area contributed by atoms with Gasteiger partial charge in [0.2, 0.25) is 0 Å². The molecule has 29 heavy (non-hydrogen) atoms. The van der Waals surface area contributed by atoms with Crippen molar-refractivity contribution in [2.45, 2.75) is 25.9 Å². The Bertz CT molecular complexity index is 935. The lowest BCUT2D eigenvalue weighted by molar-refractivity contribution is -0.946. The van der Waals surface area contributed by atoms with E-state index in [1.54, 1.807) is 18.4 Å². The first-order valence-corrected chi connectivity index (χ1v) is 10.2. The van der Waals surface area contributed by atoms with E-state index in [0.717, 1.165) is 31.0 Å². The summed E-state index contributed by atoms with van der Waals surface area (Å²) in [6, 6.07) is 19.8. The smallest absolute Gasteiger partial charge is 0.251 e. The normalized spacial score (nSPS) is 16.7. The second-order valence-corrected chi connectivity index (χ2v) is 7.34. The zero-order valence-corrected chi connectivity index (χ0v) is 16.7. The van der Waals surface area contributed by atoms with Gasteiger partial charge in [0.15, 0.2) is 11.8 Å². The number of nitrogens with one attached hydrogen (secondary N) is 2. The third kappa shape index (κ3) is 4.51. The van der Waals surface area contributed by atoms with E-state index < -0.39 is 0 Å². The topological polar surface area (TPSA) is 55.9 Å². The molecule has 1 aliphatic heterocycles. The van der Waals surface area contributed by atoms with E-state index in [4.69, 9.17) is 9.15 Å². The highest BCUT2D eigenvalue weighted by Crippen LogP contribution is 2.16. The molecule has 4 rings (SSSR count). The Morgan fingerprint density at radius 2 is 1.90 bits per heavy atom. The molecule has 0 bridgehead atoms. The largest absolute Gasteiger partial charge is 0.494 e. The number of quaternary nitrogens is 1. The lowest BCUT2D eigenvalue weighted by Crippen LogP contribution is -3.12. The van der Waals surface area contributed by atoms with Crippen molar-refractivity contribution in [1.82, 2.24) is 5.32 Å². The molecule has 2 N–H and O–H groups in total. The molecular formula is C24H27N2O3+. The van der Waals surface area contributed by atoms with Gasteiger partial charge in [0.25, 0.3) is 5.91 Å². The maximum Gasteiger partial charge on any atom is 0.251 e. The van der Waals surface area contributed by atoms with Crippen molar-refractivity contribution in [3.05, 3.63) is 89.4 Å². The number of ether oxygens (including phenoxy) is 1. The summed E-state index contributed by atoms with van der Waals surface area (Å²) in [6.45, 7) is 5.02. The van der Waals surface area contributed by atoms with Crippen molar-refractivity contribution in [3.8, 4) is 5.75 Å². The van der Waals surface area contributed by atoms with Crippen molar-refractivity contribution in [3.63, 3.8) is 0 Å². The molecule has 0 saturated carbocycles. The second kappa shape index (κ2) is 8.97. The van der Waals surface area contributed by atoms with Crippen LogP contribution in [0.4, 0.5) is 0 Å². The van der Waals surface area contributed by atoms with Crippen LogP contribution in [0.3, 0.4) is 0 Å². The van der Waals surface area contributed by atoms with E-state index in [9.17, 15) is 4.79 Å². The lowest BCUT2D eigenvalue weighted by atomic mass is 9.98. The molecule has 2 aromatic carbocycles. The van der Waals surface area contributed by atoms with Crippen LogP contribution in [0.25, 0.3) is 0 Å². The second-order valence-electron chi connectivity index (χ2n) is 7.34. The third-order valence-corrected chi connectivity index (χ3v) is 5.53. The SMILES string of the molecule is CCOc1ccc(C(=O)NC[C@@H](c2ccco2)[NH+]2CCc3ccccc3C2)cc1. The fourth-order valence-corrected chi connectivity index (χ4v) is 4.00. The van der Waals surface area contributed by atoms with E-state index in [1.807, 2.05) is 31.2 Å². The average molecular weight is 391 g/mol. The van der Waals surface area contributed by atoms with Crippen LogP contribution in [0.5, 0.6) is 5.75 Å². The molecule has 0 fully saturated rings. The van der Waals surface area contributed by atoms with Crippen LogP contribution in [-0.2, 0) is 13.0 Å². The summed E-state index contributed by atoms with van der Waals surface area (Å²) >= 11 is 0. The van der Waals surface area contributed by atoms with Gasteiger partial charge in [0.1, 0.15) is 12.3 Å². The molecule has 3 aromatic rings. The number of furan rings is 1. The summed E-state index contributed by atoms with van der Waals surface area (Å²) in [7, 11) is 0. The molecule has 1 unspecified atom stereocenters. The number of fused-ring (bicyclic) bond motifs is 1. The van der Waals surface area contributed by atoms with Gasteiger partial charge in [-0.15, -0.1) is 0 Å². The summed E-state index contributed by atoms with van der Waals surface area (Å²) < 4.78 is 11.2. The van der Waals surface area contributed by atoms with Crippen LogP contribution in [0.15, 0.2) is 71.3 Å². The molecule has 1 aliphatic rings. The van der Waals surface area contributed by atoms with Crippen molar-refractivity contribution >= 4 is 5.91 Å². The van der Waals surface area contributed by atoms with Crippen LogP contribution >= 0.6 is 0 Å². The maximum absolute atomic E-state index is 12.7. The predicted octanol–water partition coefficient (Wildman–Crippen LogP) is 2.79. The van der Waals surface area contributed by atoms with Gasteiger partial charge in [0.05, 0.1) is 26.0 Å². The van der Waals surface area contributed by atoms with Crippen molar-refractivity contribution < 1.29 is 18.8 Å². The van der Waals surface area contributed by atoms with Gasteiger partial charge in [-0.3, -0.25) is 4.79 Å². The molecule has 0 aliphatic carbocycles. The van der Waals surface area contributed by atoms with Crippen molar-refractivity contribution in [1.29, 1.82) is 0 Å². The number of hydrogen-bond donors (Lipinski definition) is 2. The molecule has 2 heterocycles. The summed E-state index contributed by atoms with van der Waals surface area (Å²) in [4.78, 5) is 14.1. The summed E-state index contributed by atoms with van der Waals surface area (Å²) in [5.74, 6) is 1.60. The Labute approximate surface area is 171 Å². The van der Waals surface area contributed by atoms with Gasteiger partial charge in [-0.1, -0.05) is 24.3 Å². The molecule has 1 amide bonds. The van der Waals surface area contributed by atoms with Crippen molar-refractivity contribution in [2.24, 2.45) is 0 Å². The van der Waals surface area contributed by atoms with Crippen molar-refractivity contribution in [2.75, 3.05) is 19.7 Å². The van der Waals surface area contributed by atoms with Crippen LogP contribution in [-0.4, -0.2) is 25.6 Å². The Morgan fingerprint density at radius 3 is 2.62 bits per heavy atom. The first kappa shape index (κ1) is 19.3. The van der Waals surface area contributed by atoms with Gasteiger partial charge in [-0.2, -0.15) is 0 Å². The van der Waals surface area contributed by atoms with Gasteiger partial charge >= 0.3 is 0 Å². The third-order valence-electron chi connectivity index (χ3n) is 5.53. The van der Waals surface area contributed by atoms with Gasteiger partial charge in [-0.05, 0) is 48.9 Å². The molecule has 1 aromatic heterocycles. The molecule has 5 nitrogen and oxygen atoms in total. The molecule has 150 valence electrons. The first-order chi connectivity index (χ1) is 14.2. The highest BCUT2D eigenvalue weighted by Gasteiger charge is 2.30. The Balaban J connectivity index is 1.45. The van der Waals surface area contributed by atoms with Crippen LogP contribution in [0, 0.1) is 0 Å². The quantitative estimate of drug-likeness (QED) is 0.651. The summed E-state index contributed by atoms with van der Waals surface area (Å²) in [6.07, 6.45) is 2.74.